The fraction of sp³-hybridized carbons (Fsp3) is 0.407. The number of benzene rings is 1. The zero-order chi connectivity index (χ0) is 26.5. The predicted octanol–water partition coefficient (Wildman–Crippen LogP) is 6.02. The molecule has 1 aliphatic rings. The van der Waals surface area contributed by atoms with Gasteiger partial charge in [0, 0.05) is 29.0 Å². The van der Waals surface area contributed by atoms with Crippen LogP contribution >= 0.6 is 22.7 Å². The van der Waals surface area contributed by atoms with Gasteiger partial charge >= 0.3 is 5.97 Å². The molecule has 1 aromatic carbocycles. The normalized spacial score (nSPS) is 18.2. The number of hydrogen-bond acceptors (Lipinski definition) is 7. The number of thiazole rings is 1. The van der Waals surface area contributed by atoms with Gasteiger partial charge in [-0.15, -0.1) is 22.7 Å². The van der Waals surface area contributed by atoms with Crippen LogP contribution in [-0.2, 0) is 9.53 Å². The molecule has 0 bridgehead atoms. The van der Waals surface area contributed by atoms with Gasteiger partial charge in [0.1, 0.15) is 10.6 Å². The smallest absolute Gasteiger partial charge is 0.348 e. The number of methoxy groups -OCH3 is 1. The summed E-state index contributed by atoms with van der Waals surface area (Å²) < 4.78 is 5.35. The molecule has 3 aromatic rings. The van der Waals surface area contributed by atoms with E-state index < -0.39 is 5.97 Å². The molecule has 8 nitrogen and oxygen atoms in total. The molecule has 1 saturated carbocycles. The average molecular weight is 542 g/mol. The minimum absolute atomic E-state index is 0.0385. The fourth-order valence-electron chi connectivity index (χ4n) is 4.69. The quantitative estimate of drug-likeness (QED) is 0.343. The maximum atomic E-state index is 13.7. The molecule has 1 unspecified atom stereocenters. The van der Waals surface area contributed by atoms with Crippen molar-refractivity contribution in [3.63, 3.8) is 0 Å². The van der Waals surface area contributed by atoms with E-state index in [0.29, 0.717) is 29.6 Å². The zero-order valence-electron chi connectivity index (χ0n) is 21.1. The maximum Gasteiger partial charge on any atom is 0.348 e. The van der Waals surface area contributed by atoms with Crippen LogP contribution in [-0.4, -0.2) is 47.6 Å². The number of rotatable bonds is 9. The van der Waals surface area contributed by atoms with Crippen LogP contribution in [0.3, 0.4) is 0 Å². The summed E-state index contributed by atoms with van der Waals surface area (Å²) in [5.74, 6) is -0.924. The van der Waals surface area contributed by atoms with Crippen LogP contribution in [0.25, 0.3) is 10.4 Å². The lowest BCUT2D eigenvalue weighted by Crippen LogP contribution is -2.45. The molecule has 10 heteroatoms. The van der Waals surface area contributed by atoms with Crippen molar-refractivity contribution >= 4 is 51.8 Å². The Hall–Kier alpha value is -3.08. The third-order valence-corrected chi connectivity index (χ3v) is 8.46. The highest BCUT2D eigenvalue weighted by Gasteiger charge is 2.34. The van der Waals surface area contributed by atoms with E-state index >= 15 is 0 Å². The molecule has 0 radical (unpaired) electrons. The molecule has 2 heterocycles. The summed E-state index contributed by atoms with van der Waals surface area (Å²) >= 11 is 2.48. The van der Waals surface area contributed by atoms with Gasteiger partial charge in [0.25, 0.3) is 5.91 Å². The molecule has 2 aromatic heterocycles. The molecule has 1 aliphatic carbocycles. The van der Waals surface area contributed by atoms with Gasteiger partial charge in [0.15, 0.2) is 0 Å². The second-order valence-corrected chi connectivity index (χ2v) is 11.3. The van der Waals surface area contributed by atoms with E-state index in [2.05, 4.69) is 17.2 Å². The second kappa shape index (κ2) is 12.0. The minimum Gasteiger partial charge on any atom is -0.477 e. The van der Waals surface area contributed by atoms with Gasteiger partial charge < -0.3 is 20.1 Å². The number of aromatic nitrogens is 1. The number of nitrogens with zero attached hydrogens (tertiary/aromatic N) is 2. The predicted molar refractivity (Wildman–Crippen MR) is 147 cm³/mol. The number of carbonyl (C=O) groups excluding carboxylic acids is 2. The van der Waals surface area contributed by atoms with E-state index in [0.717, 1.165) is 47.5 Å². The lowest BCUT2D eigenvalue weighted by molar-refractivity contribution is -0.124. The lowest BCUT2D eigenvalue weighted by Gasteiger charge is -2.34. The first-order valence-electron chi connectivity index (χ1n) is 12.3. The first kappa shape index (κ1) is 27.0. The van der Waals surface area contributed by atoms with Crippen LogP contribution in [0.15, 0.2) is 41.2 Å². The second-order valence-electron chi connectivity index (χ2n) is 9.50. The fourth-order valence-corrected chi connectivity index (χ4v) is 6.21. The monoisotopic (exact) mass is 541 g/mol. The Bertz CT molecular complexity index is 1230. The first-order valence-corrected chi connectivity index (χ1v) is 14.0. The van der Waals surface area contributed by atoms with Gasteiger partial charge in [-0.05, 0) is 62.3 Å². The molecule has 0 saturated heterocycles. The van der Waals surface area contributed by atoms with Crippen LogP contribution < -0.4 is 10.2 Å². The van der Waals surface area contributed by atoms with Crippen molar-refractivity contribution in [1.82, 2.24) is 4.98 Å². The highest BCUT2D eigenvalue weighted by molar-refractivity contribution is 7.18. The van der Waals surface area contributed by atoms with Crippen molar-refractivity contribution in [3.05, 3.63) is 51.8 Å². The Kier molecular flexibility index (Phi) is 8.73. The third-order valence-electron chi connectivity index (χ3n) is 6.71. The summed E-state index contributed by atoms with van der Waals surface area (Å²) in [4.78, 5) is 44.8. The van der Waals surface area contributed by atoms with Crippen molar-refractivity contribution in [1.29, 1.82) is 0 Å². The molecule has 0 aliphatic heterocycles. The Morgan fingerprint density at radius 2 is 1.89 bits per heavy atom. The average Bonchev–Trinajstić information content (AvgIpc) is 3.56. The maximum absolute atomic E-state index is 13.7. The number of ether oxygens (including phenoxy) is 1. The number of carbonyl (C=O) groups is 3. The molecule has 1 fully saturated rings. The molecule has 2 amide bonds. The number of anilines is 2. The summed E-state index contributed by atoms with van der Waals surface area (Å²) in [5, 5.41) is 14.5. The van der Waals surface area contributed by atoms with Crippen LogP contribution in [0.1, 0.15) is 59.7 Å². The summed E-state index contributed by atoms with van der Waals surface area (Å²) in [6, 6.07) is 8.64. The summed E-state index contributed by atoms with van der Waals surface area (Å²) in [6.07, 6.45) is 3.61. The van der Waals surface area contributed by atoms with Gasteiger partial charge in [0.2, 0.25) is 5.91 Å². The van der Waals surface area contributed by atoms with Gasteiger partial charge in [-0.2, -0.15) is 0 Å². The number of aromatic carboxylic acids is 1. The van der Waals surface area contributed by atoms with Crippen molar-refractivity contribution in [2.24, 2.45) is 11.8 Å². The highest BCUT2D eigenvalue weighted by Crippen LogP contribution is 2.40. The number of thiophene rings is 1. The SMILES string of the molecule is COCC(C)N(C(=O)C1CCC(C)CC1)c1cc(-c2ccc(NC(=O)c3cscn3)cc2)sc1C(=O)O. The molecular formula is C27H31N3O5S2. The Morgan fingerprint density at radius 3 is 2.49 bits per heavy atom. The van der Waals surface area contributed by atoms with E-state index in [4.69, 9.17) is 4.74 Å². The van der Waals surface area contributed by atoms with Crippen molar-refractivity contribution in [2.45, 2.75) is 45.6 Å². The summed E-state index contributed by atoms with van der Waals surface area (Å²) in [7, 11) is 1.58. The summed E-state index contributed by atoms with van der Waals surface area (Å²) in [6.45, 7) is 4.39. The number of carboxylic acids is 1. The molecule has 37 heavy (non-hydrogen) atoms. The number of carboxylic acid groups (broad SMARTS) is 1. The Labute approximate surface area is 224 Å². The lowest BCUT2D eigenvalue weighted by atomic mass is 9.82. The Balaban J connectivity index is 1.62. The van der Waals surface area contributed by atoms with Crippen LogP contribution in [0, 0.1) is 11.8 Å². The molecule has 4 rings (SSSR count). The molecule has 1 atom stereocenters. The number of amides is 2. The minimum atomic E-state index is -1.07. The van der Waals surface area contributed by atoms with E-state index in [-0.39, 0.29) is 28.7 Å². The van der Waals surface area contributed by atoms with Crippen LogP contribution in [0.2, 0.25) is 0 Å². The number of hydrogen-bond donors (Lipinski definition) is 2. The van der Waals surface area contributed by atoms with Gasteiger partial charge in [-0.25, -0.2) is 9.78 Å². The van der Waals surface area contributed by atoms with Gasteiger partial charge in [-0.1, -0.05) is 19.1 Å². The van der Waals surface area contributed by atoms with Crippen molar-refractivity contribution < 1.29 is 24.2 Å². The molecular weight excluding hydrogens is 510 g/mol. The Morgan fingerprint density at radius 1 is 1.19 bits per heavy atom. The topological polar surface area (TPSA) is 109 Å². The van der Waals surface area contributed by atoms with Crippen molar-refractivity contribution in [2.75, 3.05) is 23.9 Å². The van der Waals surface area contributed by atoms with Crippen LogP contribution in [0.5, 0.6) is 0 Å². The zero-order valence-corrected chi connectivity index (χ0v) is 22.7. The van der Waals surface area contributed by atoms with E-state index in [1.807, 2.05) is 19.1 Å². The molecule has 0 spiro atoms. The third kappa shape index (κ3) is 6.26. The van der Waals surface area contributed by atoms with Crippen molar-refractivity contribution in [3.8, 4) is 10.4 Å². The molecule has 196 valence electrons. The van der Waals surface area contributed by atoms with E-state index in [9.17, 15) is 19.5 Å². The summed E-state index contributed by atoms with van der Waals surface area (Å²) in [5.41, 5.74) is 3.76. The van der Waals surface area contributed by atoms with Crippen LogP contribution in [0.4, 0.5) is 11.4 Å². The van der Waals surface area contributed by atoms with E-state index in [1.165, 1.54) is 11.3 Å². The number of nitrogens with one attached hydrogen (secondary N) is 1. The molecule has 2 N–H and O–H groups in total. The van der Waals surface area contributed by atoms with E-state index in [1.54, 1.807) is 41.1 Å². The first-order chi connectivity index (χ1) is 17.8. The highest BCUT2D eigenvalue weighted by atomic mass is 32.1. The largest absolute Gasteiger partial charge is 0.477 e. The van der Waals surface area contributed by atoms with Gasteiger partial charge in [0.05, 0.1) is 23.8 Å². The standard InChI is InChI=1S/C27H31N3O5S2/c1-16-4-6-19(7-5-16)26(32)30(17(2)13-35-3)22-12-23(37-24(22)27(33)34)18-8-10-20(11-9-18)29-25(31)21-14-36-15-28-21/h8-12,14-17,19H,4-7,13H2,1-3H3,(H,29,31)(H,33,34). The van der Waals surface area contributed by atoms with Gasteiger partial charge in [-0.3, -0.25) is 9.59 Å².